The Balaban J connectivity index is 0.000000990. The lowest BCUT2D eigenvalue weighted by molar-refractivity contribution is -0.193. The third-order valence-corrected chi connectivity index (χ3v) is 4.30. The van der Waals surface area contributed by atoms with Crippen LogP contribution in [0.1, 0.15) is 27.9 Å². The van der Waals surface area contributed by atoms with Crippen molar-refractivity contribution in [2.75, 3.05) is 6.61 Å². The second kappa shape index (κ2) is 16.0. The first-order valence-electron chi connectivity index (χ1n) is 10.8. The van der Waals surface area contributed by atoms with Crippen molar-refractivity contribution in [3.05, 3.63) is 65.2 Å². The van der Waals surface area contributed by atoms with Gasteiger partial charge in [-0.3, -0.25) is 20.4 Å². The van der Waals surface area contributed by atoms with Gasteiger partial charge in [-0.2, -0.15) is 26.3 Å². The minimum absolute atomic E-state index is 0.0784. The molecule has 0 aliphatic rings. The fourth-order valence-electron chi connectivity index (χ4n) is 2.38. The van der Waals surface area contributed by atoms with E-state index >= 15 is 0 Å². The molecule has 0 spiro atoms. The standard InChI is InChI=1S/C19H21N5O4.2C2HF3O2/c20-17(21)11-4-6-12(7-5-11)19(27)24-14(9-16(25)26)10-28-15-3-1-2-13(8-15)18(22)23;2*3-2(4,5)1(6)7/h1-8,14H,9-10H2,(H3,20,21)(H3,22,23)(H,24,27)(H,25,26);2*(H,6,7)/t14-;;/m0../s1. The van der Waals surface area contributed by atoms with E-state index in [4.69, 9.17) is 51.9 Å². The molecule has 0 heterocycles. The fourth-order valence-corrected chi connectivity index (χ4v) is 2.38. The van der Waals surface area contributed by atoms with Crippen LogP contribution in [-0.4, -0.2) is 75.8 Å². The van der Waals surface area contributed by atoms with Crippen molar-refractivity contribution in [3.63, 3.8) is 0 Å². The number of amides is 1. The Morgan fingerprint density at radius 2 is 1.21 bits per heavy atom. The molecule has 1 atom stereocenters. The Bertz CT molecular complexity index is 1260. The molecule has 0 bridgehead atoms. The van der Waals surface area contributed by atoms with Crippen LogP contribution < -0.4 is 21.5 Å². The molecule has 42 heavy (non-hydrogen) atoms. The second-order valence-corrected chi connectivity index (χ2v) is 7.62. The zero-order valence-electron chi connectivity index (χ0n) is 20.9. The Morgan fingerprint density at radius 1 is 0.786 bits per heavy atom. The van der Waals surface area contributed by atoms with E-state index in [2.05, 4.69) is 5.32 Å². The SMILES string of the molecule is N=C(N)c1ccc(C(=O)N[C@H](COc2cccc(C(=N)N)c2)CC(=O)O)cc1.O=C(O)C(F)(F)F.O=C(O)C(F)(F)F. The highest BCUT2D eigenvalue weighted by molar-refractivity contribution is 5.98. The highest BCUT2D eigenvalue weighted by atomic mass is 19.4. The number of hydrogen-bond donors (Lipinski definition) is 8. The Labute approximate surface area is 231 Å². The first kappa shape index (κ1) is 36.6. The topological polar surface area (TPSA) is 250 Å². The first-order valence-corrected chi connectivity index (χ1v) is 10.8. The fraction of sp³-hybridized carbons (Fsp3) is 0.217. The minimum atomic E-state index is -5.08. The van der Waals surface area contributed by atoms with E-state index in [1.807, 2.05) is 0 Å². The molecule has 230 valence electrons. The van der Waals surface area contributed by atoms with Crippen molar-refractivity contribution in [1.29, 1.82) is 10.8 Å². The van der Waals surface area contributed by atoms with Gasteiger partial charge in [-0.25, -0.2) is 9.59 Å². The molecule has 0 aromatic heterocycles. The number of rotatable bonds is 9. The van der Waals surface area contributed by atoms with Crippen LogP contribution in [0.5, 0.6) is 5.75 Å². The highest BCUT2D eigenvalue weighted by Gasteiger charge is 2.38. The molecule has 19 heteroatoms. The van der Waals surface area contributed by atoms with Gasteiger partial charge in [0.05, 0.1) is 12.5 Å². The van der Waals surface area contributed by atoms with Gasteiger partial charge in [-0.15, -0.1) is 0 Å². The summed E-state index contributed by atoms with van der Waals surface area (Å²) in [5, 5.41) is 40.8. The molecule has 0 saturated heterocycles. The third kappa shape index (κ3) is 14.7. The maximum absolute atomic E-state index is 12.4. The second-order valence-electron chi connectivity index (χ2n) is 7.62. The van der Waals surface area contributed by atoms with Gasteiger partial charge in [-0.05, 0) is 24.3 Å². The molecule has 2 rings (SSSR count). The largest absolute Gasteiger partial charge is 0.491 e. The van der Waals surface area contributed by atoms with Gasteiger partial charge in [0.1, 0.15) is 24.0 Å². The van der Waals surface area contributed by atoms with Gasteiger partial charge in [-0.1, -0.05) is 24.3 Å². The van der Waals surface area contributed by atoms with Crippen LogP contribution >= 0.6 is 0 Å². The summed E-state index contributed by atoms with van der Waals surface area (Å²) in [7, 11) is 0. The normalized spacial score (nSPS) is 11.3. The number of nitrogen functional groups attached to an aromatic ring is 2. The number of benzene rings is 2. The van der Waals surface area contributed by atoms with E-state index in [-0.39, 0.29) is 24.7 Å². The van der Waals surface area contributed by atoms with Crippen LogP contribution in [0.15, 0.2) is 48.5 Å². The van der Waals surface area contributed by atoms with Crippen LogP contribution in [0.25, 0.3) is 0 Å². The molecule has 0 unspecified atom stereocenters. The summed E-state index contributed by atoms with van der Waals surface area (Å²) in [6.45, 7) is -0.0784. The maximum atomic E-state index is 12.4. The quantitative estimate of drug-likeness (QED) is 0.117. The highest BCUT2D eigenvalue weighted by Crippen LogP contribution is 2.15. The summed E-state index contributed by atoms with van der Waals surface area (Å²) in [6, 6.07) is 11.8. The van der Waals surface area contributed by atoms with Crippen LogP contribution in [0.2, 0.25) is 0 Å². The number of ether oxygens (including phenoxy) is 1. The predicted molar refractivity (Wildman–Crippen MR) is 131 cm³/mol. The lowest BCUT2D eigenvalue weighted by atomic mass is 10.1. The molecular weight excluding hydrogens is 588 g/mol. The molecule has 2 aromatic rings. The van der Waals surface area contributed by atoms with Gasteiger partial charge in [0, 0.05) is 16.7 Å². The van der Waals surface area contributed by atoms with Crippen molar-refractivity contribution in [1.82, 2.24) is 5.32 Å². The summed E-state index contributed by atoms with van der Waals surface area (Å²) in [6.07, 6.45) is -10.5. The number of alkyl halides is 6. The average molecular weight is 611 g/mol. The zero-order valence-corrected chi connectivity index (χ0v) is 20.9. The maximum Gasteiger partial charge on any atom is 0.490 e. The van der Waals surface area contributed by atoms with Crippen molar-refractivity contribution >= 4 is 35.5 Å². The molecule has 0 fully saturated rings. The summed E-state index contributed by atoms with van der Waals surface area (Å²) in [5.74, 6) is -6.89. The zero-order chi connectivity index (χ0) is 32.8. The molecule has 0 aliphatic heterocycles. The van der Waals surface area contributed by atoms with Gasteiger partial charge < -0.3 is 36.8 Å². The van der Waals surface area contributed by atoms with Gasteiger partial charge in [0.15, 0.2) is 0 Å². The number of carbonyl (C=O) groups is 4. The van der Waals surface area contributed by atoms with E-state index < -0.39 is 42.2 Å². The first-order chi connectivity index (χ1) is 19.1. The molecular formula is C23H23F6N5O8. The van der Waals surface area contributed by atoms with Crippen LogP contribution in [0.3, 0.4) is 0 Å². The number of carbonyl (C=O) groups excluding carboxylic acids is 1. The van der Waals surface area contributed by atoms with E-state index in [1.54, 1.807) is 24.3 Å². The number of amidine groups is 2. The van der Waals surface area contributed by atoms with E-state index in [0.29, 0.717) is 22.4 Å². The van der Waals surface area contributed by atoms with E-state index in [1.165, 1.54) is 24.3 Å². The van der Waals surface area contributed by atoms with Crippen LogP contribution in [0.4, 0.5) is 26.3 Å². The molecule has 1 amide bonds. The summed E-state index contributed by atoms with van der Waals surface area (Å²) < 4.78 is 69.0. The summed E-state index contributed by atoms with van der Waals surface area (Å²) in [4.78, 5) is 41.3. The predicted octanol–water partition coefficient (Wildman–Crippen LogP) is 2.17. The van der Waals surface area contributed by atoms with Gasteiger partial charge >= 0.3 is 30.3 Å². The Hall–Kier alpha value is -5.36. The lowest BCUT2D eigenvalue weighted by Crippen LogP contribution is -2.40. The van der Waals surface area contributed by atoms with Crippen LogP contribution in [0, 0.1) is 10.8 Å². The van der Waals surface area contributed by atoms with E-state index in [0.717, 1.165) is 0 Å². The van der Waals surface area contributed by atoms with Gasteiger partial charge in [0.2, 0.25) is 0 Å². The number of nitrogens with one attached hydrogen (secondary N) is 3. The lowest BCUT2D eigenvalue weighted by Gasteiger charge is -2.18. The smallest absolute Gasteiger partial charge is 0.490 e. The third-order valence-electron chi connectivity index (χ3n) is 4.30. The molecule has 13 nitrogen and oxygen atoms in total. The van der Waals surface area contributed by atoms with Crippen molar-refractivity contribution < 1.29 is 65.6 Å². The van der Waals surface area contributed by atoms with E-state index in [9.17, 15) is 35.9 Å². The minimum Gasteiger partial charge on any atom is -0.491 e. The Morgan fingerprint density at radius 3 is 1.60 bits per heavy atom. The molecule has 2 aromatic carbocycles. The number of aliphatic carboxylic acids is 3. The number of carboxylic acids is 3. The molecule has 0 radical (unpaired) electrons. The number of nitrogens with two attached hydrogens (primary N) is 2. The van der Waals surface area contributed by atoms with Crippen molar-refractivity contribution in [2.24, 2.45) is 11.5 Å². The number of halogens is 6. The number of hydrogen-bond acceptors (Lipinski definition) is 7. The number of carboxylic acid groups (broad SMARTS) is 3. The van der Waals surface area contributed by atoms with Crippen LogP contribution in [-0.2, 0) is 14.4 Å². The average Bonchev–Trinajstić information content (AvgIpc) is 2.86. The molecule has 0 saturated carbocycles. The van der Waals surface area contributed by atoms with Crippen molar-refractivity contribution in [3.8, 4) is 5.75 Å². The molecule has 10 N–H and O–H groups in total. The molecule has 0 aliphatic carbocycles. The van der Waals surface area contributed by atoms with Gasteiger partial charge in [0.25, 0.3) is 5.91 Å². The summed E-state index contributed by atoms with van der Waals surface area (Å²) in [5.41, 5.74) is 12.1. The Kier molecular flexibility index (Phi) is 14.0. The summed E-state index contributed by atoms with van der Waals surface area (Å²) >= 11 is 0. The monoisotopic (exact) mass is 611 g/mol. The van der Waals surface area contributed by atoms with Crippen molar-refractivity contribution in [2.45, 2.75) is 24.8 Å².